The van der Waals surface area contributed by atoms with Gasteiger partial charge in [0, 0.05) is 46.9 Å². The molecule has 1 saturated heterocycles. The highest BCUT2D eigenvalue weighted by atomic mass is 35.5. The fourth-order valence-corrected chi connectivity index (χ4v) is 5.28. The number of carbonyl (C=O) groups is 2. The van der Waals surface area contributed by atoms with Gasteiger partial charge in [-0.25, -0.2) is 9.18 Å². The second kappa shape index (κ2) is 8.93. The topological polar surface area (TPSA) is 62.5 Å². The summed E-state index contributed by atoms with van der Waals surface area (Å²) in [6.45, 7) is 3.80. The fourth-order valence-electron chi connectivity index (χ4n) is 4.02. The maximum Gasteiger partial charge on any atom is 0.335 e. The van der Waals surface area contributed by atoms with Crippen LogP contribution >= 0.6 is 23.4 Å². The fraction of sp³-hybridized carbons (Fsp3) is 0.304. The molecule has 1 N–H and O–H groups in total. The molecule has 0 spiro atoms. The second-order valence-electron chi connectivity index (χ2n) is 7.60. The lowest BCUT2D eigenvalue weighted by molar-refractivity contribution is -0.130. The molecule has 1 amide bonds. The van der Waals surface area contributed by atoms with Crippen molar-refractivity contribution in [1.29, 1.82) is 0 Å². The number of hydrogen-bond donors (Lipinski definition) is 1. The maximum atomic E-state index is 15.1. The molecule has 5 nitrogen and oxygen atoms in total. The molecule has 0 aliphatic carbocycles. The number of carboxylic acids is 1. The number of hydrogen-bond acceptors (Lipinski definition) is 3. The Kier molecular flexibility index (Phi) is 6.25. The largest absolute Gasteiger partial charge is 0.478 e. The van der Waals surface area contributed by atoms with E-state index in [1.54, 1.807) is 18.2 Å². The van der Waals surface area contributed by atoms with Gasteiger partial charge in [0.1, 0.15) is 0 Å². The van der Waals surface area contributed by atoms with Crippen LogP contribution in [0.25, 0.3) is 10.9 Å². The monoisotopic (exact) mass is 460 g/mol. The molecule has 2 heterocycles. The van der Waals surface area contributed by atoms with Crippen molar-refractivity contribution in [2.45, 2.75) is 42.5 Å². The molecule has 1 aromatic heterocycles. The Bertz CT molecular complexity index is 1170. The highest BCUT2D eigenvalue weighted by Gasteiger charge is 2.22. The van der Waals surface area contributed by atoms with E-state index in [4.69, 9.17) is 11.6 Å². The van der Waals surface area contributed by atoms with Crippen LogP contribution in [0.5, 0.6) is 0 Å². The van der Waals surface area contributed by atoms with E-state index in [0.717, 1.165) is 41.4 Å². The summed E-state index contributed by atoms with van der Waals surface area (Å²) in [5.74, 6) is -1.44. The van der Waals surface area contributed by atoms with Crippen LogP contribution in [0.1, 0.15) is 35.3 Å². The molecule has 1 aliphatic rings. The van der Waals surface area contributed by atoms with Crippen molar-refractivity contribution in [3.63, 3.8) is 0 Å². The zero-order valence-electron chi connectivity index (χ0n) is 17.0. The Morgan fingerprint density at radius 2 is 1.94 bits per heavy atom. The van der Waals surface area contributed by atoms with Crippen LogP contribution < -0.4 is 0 Å². The maximum absolute atomic E-state index is 15.1. The van der Waals surface area contributed by atoms with Crippen molar-refractivity contribution in [2.75, 3.05) is 13.1 Å². The SMILES string of the molecule is Cc1c(Sc2cccc(C(=O)O)c2)c2ccc(Cl)c(F)c2n1CCC(=O)N1CCCC1. The molecule has 0 atom stereocenters. The smallest absolute Gasteiger partial charge is 0.335 e. The zero-order chi connectivity index (χ0) is 22.1. The third-order valence-corrected chi connectivity index (χ3v) is 7.13. The molecular formula is C23H22ClFN2O3S. The van der Waals surface area contributed by atoms with Gasteiger partial charge >= 0.3 is 5.97 Å². The Morgan fingerprint density at radius 3 is 2.65 bits per heavy atom. The van der Waals surface area contributed by atoms with E-state index in [1.165, 1.54) is 23.9 Å². The lowest BCUT2D eigenvalue weighted by atomic mass is 10.2. The predicted molar refractivity (Wildman–Crippen MR) is 120 cm³/mol. The van der Waals surface area contributed by atoms with Gasteiger partial charge in [0.05, 0.1) is 16.1 Å². The lowest BCUT2D eigenvalue weighted by Crippen LogP contribution is -2.28. The summed E-state index contributed by atoms with van der Waals surface area (Å²) < 4.78 is 16.9. The summed E-state index contributed by atoms with van der Waals surface area (Å²) in [6, 6.07) is 9.94. The number of aryl methyl sites for hydroxylation is 1. The normalized spacial score (nSPS) is 13.8. The minimum atomic E-state index is -1.00. The van der Waals surface area contributed by atoms with Gasteiger partial charge in [0.25, 0.3) is 0 Å². The number of benzene rings is 2. The van der Waals surface area contributed by atoms with Crippen LogP contribution in [-0.2, 0) is 11.3 Å². The van der Waals surface area contributed by atoms with Crippen LogP contribution in [0.2, 0.25) is 5.02 Å². The van der Waals surface area contributed by atoms with E-state index < -0.39 is 11.8 Å². The first-order chi connectivity index (χ1) is 14.9. The van der Waals surface area contributed by atoms with Crippen LogP contribution in [-0.4, -0.2) is 39.5 Å². The van der Waals surface area contributed by atoms with Gasteiger partial charge in [-0.2, -0.15) is 0 Å². The minimum absolute atomic E-state index is 0.0292. The standard InChI is InChI=1S/C23H22ClFN2O3S/c1-14-22(31-16-6-4-5-15(13-16)23(29)30)17-7-8-18(24)20(25)21(17)27(14)12-9-19(28)26-10-2-3-11-26/h4-8,13H,2-3,9-12H2,1H3,(H,29,30). The summed E-state index contributed by atoms with van der Waals surface area (Å²) in [6.07, 6.45) is 2.34. The molecule has 0 unspecified atom stereocenters. The molecule has 0 bridgehead atoms. The zero-order valence-corrected chi connectivity index (χ0v) is 18.6. The molecule has 0 radical (unpaired) electrons. The number of carbonyl (C=O) groups excluding carboxylic acids is 1. The van der Waals surface area contributed by atoms with Crippen LogP contribution in [0.3, 0.4) is 0 Å². The highest BCUT2D eigenvalue weighted by molar-refractivity contribution is 7.99. The van der Waals surface area contributed by atoms with Crippen LogP contribution in [0, 0.1) is 12.7 Å². The van der Waals surface area contributed by atoms with E-state index in [0.29, 0.717) is 17.4 Å². The average Bonchev–Trinajstić information content (AvgIpc) is 3.38. The third kappa shape index (κ3) is 4.29. The first-order valence-corrected chi connectivity index (χ1v) is 11.3. The summed E-state index contributed by atoms with van der Waals surface area (Å²) in [5.41, 5.74) is 1.38. The summed E-state index contributed by atoms with van der Waals surface area (Å²) in [5, 5.41) is 9.99. The second-order valence-corrected chi connectivity index (χ2v) is 9.09. The van der Waals surface area contributed by atoms with E-state index in [2.05, 4.69) is 0 Å². The van der Waals surface area contributed by atoms with Crippen molar-refractivity contribution in [3.05, 3.63) is 58.5 Å². The summed E-state index contributed by atoms with van der Waals surface area (Å²) >= 11 is 7.45. The first-order valence-electron chi connectivity index (χ1n) is 10.1. The number of aromatic carboxylic acids is 1. The molecule has 4 rings (SSSR count). The molecule has 1 aliphatic heterocycles. The quantitative estimate of drug-likeness (QED) is 0.519. The van der Waals surface area contributed by atoms with Gasteiger partial charge in [0.2, 0.25) is 5.91 Å². The van der Waals surface area contributed by atoms with Gasteiger partial charge in [-0.15, -0.1) is 0 Å². The molecule has 1 fully saturated rings. The molecule has 162 valence electrons. The van der Waals surface area contributed by atoms with Gasteiger partial charge in [-0.1, -0.05) is 29.4 Å². The van der Waals surface area contributed by atoms with Crippen molar-refractivity contribution in [2.24, 2.45) is 0 Å². The number of aromatic nitrogens is 1. The van der Waals surface area contributed by atoms with Crippen molar-refractivity contribution in [1.82, 2.24) is 9.47 Å². The Hall–Kier alpha value is -2.51. The van der Waals surface area contributed by atoms with Crippen molar-refractivity contribution < 1.29 is 19.1 Å². The van der Waals surface area contributed by atoms with Crippen molar-refractivity contribution in [3.8, 4) is 0 Å². The number of rotatable bonds is 6. The van der Waals surface area contributed by atoms with Gasteiger partial charge in [-0.3, -0.25) is 4.79 Å². The molecular weight excluding hydrogens is 439 g/mol. The molecule has 2 aromatic carbocycles. The number of likely N-dealkylation sites (tertiary alicyclic amines) is 1. The molecule has 3 aromatic rings. The Labute approximate surface area is 188 Å². The first kappa shape index (κ1) is 21.7. The van der Waals surface area contributed by atoms with Gasteiger partial charge in [0.15, 0.2) is 5.82 Å². The van der Waals surface area contributed by atoms with Crippen LogP contribution in [0.4, 0.5) is 4.39 Å². The van der Waals surface area contributed by atoms with E-state index in [1.807, 2.05) is 22.5 Å². The minimum Gasteiger partial charge on any atom is -0.478 e. The number of fused-ring (bicyclic) bond motifs is 1. The van der Waals surface area contributed by atoms with Gasteiger partial charge < -0.3 is 14.6 Å². The number of amides is 1. The van der Waals surface area contributed by atoms with E-state index in [9.17, 15) is 14.7 Å². The predicted octanol–water partition coefficient (Wildman–Crippen LogP) is 5.60. The Balaban J connectivity index is 1.71. The third-order valence-electron chi connectivity index (χ3n) is 5.63. The lowest BCUT2D eigenvalue weighted by Gasteiger charge is -2.16. The Morgan fingerprint density at radius 1 is 1.19 bits per heavy atom. The van der Waals surface area contributed by atoms with E-state index >= 15 is 4.39 Å². The average molecular weight is 461 g/mol. The number of carboxylic acid groups (broad SMARTS) is 1. The van der Waals surface area contributed by atoms with Gasteiger partial charge in [-0.05, 0) is 50.1 Å². The molecule has 8 heteroatoms. The van der Waals surface area contributed by atoms with E-state index in [-0.39, 0.29) is 22.9 Å². The summed E-state index contributed by atoms with van der Waals surface area (Å²) in [7, 11) is 0. The number of nitrogens with zero attached hydrogens (tertiary/aromatic N) is 2. The number of halogens is 2. The molecule has 0 saturated carbocycles. The summed E-state index contributed by atoms with van der Waals surface area (Å²) in [4.78, 5) is 27.3. The van der Waals surface area contributed by atoms with Crippen molar-refractivity contribution >= 4 is 46.1 Å². The highest BCUT2D eigenvalue weighted by Crippen LogP contribution is 2.40. The van der Waals surface area contributed by atoms with Crippen LogP contribution in [0.15, 0.2) is 46.2 Å². The molecule has 31 heavy (non-hydrogen) atoms.